The summed E-state index contributed by atoms with van der Waals surface area (Å²) in [7, 11) is 0. The number of pyridine rings is 1. The SMILES string of the molecule is Cc1ccnc(C)c1Cn1nnnc1-c1cccc(Cl)c1Cl. The number of nitrogens with zero attached hydrogens (tertiary/aromatic N) is 5. The fourth-order valence-electron chi connectivity index (χ4n) is 2.29. The molecule has 2 aromatic heterocycles. The number of tetrazole rings is 1. The zero-order chi connectivity index (χ0) is 15.7. The van der Waals surface area contributed by atoms with E-state index in [1.165, 1.54) is 0 Å². The monoisotopic (exact) mass is 333 g/mol. The molecule has 0 radical (unpaired) electrons. The lowest BCUT2D eigenvalue weighted by Crippen LogP contribution is -2.08. The Balaban J connectivity index is 2.05. The van der Waals surface area contributed by atoms with Gasteiger partial charge in [-0.3, -0.25) is 4.98 Å². The molecule has 3 rings (SSSR count). The summed E-state index contributed by atoms with van der Waals surface area (Å²) < 4.78 is 1.70. The summed E-state index contributed by atoms with van der Waals surface area (Å²) in [6, 6.07) is 7.37. The standard InChI is InChI=1S/C15H13Cl2N5/c1-9-6-7-18-10(2)12(9)8-22-15(19-20-21-22)11-4-3-5-13(16)14(11)17/h3-7H,8H2,1-2H3. The number of halogens is 2. The highest BCUT2D eigenvalue weighted by molar-refractivity contribution is 6.43. The molecular weight excluding hydrogens is 321 g/mol. The molecule has 0 unspecified atom stereocenters. The molecular formula is C15H13Cl2N5. The molecule has 0 aliphatic heterocycles. The van der Waals surface area contributed by atoms with Crippen LogP contribution in [0.4, 0.5) is 0 Å². The van der Waals surface area contributed by atoms with Crippen LogP contribution in [-0.2, 0) is 6.54 Å². The van der Waals surface area contributed by atoms with Gasteiger partial charge in [0.15, 0.2) is 5.82 Å². The average molecular weight is 334 g/mol. The van der Waals surface area contributed by atoms with Crippen molar-refractivity contribution in [1.29, 1.82) is 0 Å². The lowest BCUT2D eigenvalue weighted by molar-refractivity contribution is 0.646. The zero-order valence-corrected chi connectivity index (χ0v) is 13.6. The zero-order valence-electron chi connectivity index (χ0n) is 12.1. The van der Waals surface area contributed by atoms with Crippen molar-refractivity contribution < 1.29 is 0 Å². The molecule has 22 heavy (non-hydrogen) atoms. The van der Waals surface area contributed by atoms with E-state index in [-0.39, 0.29) is 0 Å². The molecule has 0 spiro atoms. The fourth-order valence-corrected chi connectivity index (χ4v) is 2.68. The summed E-state index contributed by atoms with van der Waals surface area (Å²) in [5.74, 6) is 0.579. The van der Waals surface area contributed by atoms with Gasteiger partial charge >= 0.3 is 0 Å². The second-order valence-corrected chi connectivity index (χ2v) is 5.74. The van der Waals surface area contributed by atoms with Gasteiger partial charge in [0.1, 0.15) is 0 Å². The molecule has 112 valence electrons. The number of aromatic nitrogens is 5. The number of rotatable bonds is 3. The van der Waals surface area contributed by atoms with Gasteiger partial charge in [-0.1, -0.05) is 29.3 Å². The van der Waals surface area contributed by atoms with E-state index in [1.807, 2.05) is 32.0 Å². The van der Waals surface area contributed by atoms with Gasteiger partial charge < -0.3 is 0 Å². The number of hydrogen-bond donors (Lipinski definition) is 0. The molecule has 0 saturated carbocycles. The molecule has 0 fully saturated rings. The molecule has 0 saturated heterocycles. The van der Waals surface area contributed by atoms with Crippen LogP contribution in [0.3, 0.4) is 0 Å². The molecule has 1 aromatic carbocycles. The van der Waals surface area contributed by atoms with Crippen molar-refractivity contribution in [3.8, 4) is 11.4 Å². The molecule has 0 amide bonds. The van der Waals surface area contributed by atoms with Gasteiger partial charge in [0.25, 0.3) is 0 Å². The van der Waals surface area contributed by atoms with Gasteiger partial charge in [0.05, 0.1) is 16.6 Å². The Labute approximate surface area is 137 Å². The van der Waals surface area contributed by atoms with Gasteiger partial charge in [0, 0.05) is 17.5 Å². The third-order valence-corrected chi connectivity index (χ3v) is 4.36. The highest BCUT2D eigenvalue weighted by atomic mass is 35.5. The summed E-state index contributed by atoms with van der Waals surface area (Å²) in [5, 5.41) is 12.8. The van der Waals surface area contributed by atoms with E-state index < -0.39 is 0 Å². The van der Waals surface area contributed by atoms with Crippen molar-refractivity contribution in [2.75, 3.05) is 0 Å². The van der Waals surface area contributed by atoms with Crippen LogP contribution in [0.25, 0.3) is 11.4 Å². The predicted octanol–water partition coefficient (Wildman–Crippen LogP) is 3.71. The Morgan fingerprint density at radius 1 is 1.14 bits per heavy atom. The maximum Gasteiger partial charge on any atom is 0.183 e. The Bertz CT molecular complexity index is 808. The van der Waals surface area contributed by atoms with Crippen molar-refractivity contribution in [2.45, 2.75) is 20.4 Å². The van der Waals surface area contributed by atoms with E-state index in [4.69, 9.17) is 23.2 Å². The Hall–Kier alpha value is -1.98. The molecule has 5 nitrogen and oxygen atoms in total. The van der Waals surface area contributed by atoms with E-state index in [9.17, 15) is 0 Å². The van der Waals surface area contributed by atoms with Gasteiger partial charge in [-0.25, -0.2) is 4.68 Å². The number of hydrogen-bond acceptors (Lipinski definition) is 4. The van der Waals surface area contributed by atoms with Crippen molar-refractivity contribution >= 4 is 23.2 Å². The van der Waals surface area contributed by atoms with Crippen LogP contribution in [0.5, 0.6) is 0 Å². The first kappa shape index (κ1) is 14.9. The first-order valence-electron chi connectivity index (χ1n) is 6.69. The van der Waals surface area contributed by atoms with E-state index in [1.54, 1.807) is 16.9 Å². The van der Waals surface area contributed by atoms with E-state index >= 15 is 0 Å². The van der Waals surface area contributed by atoms with Crippen LogP contribution < -0.4 is 0 Å². The van der Waals surface area contributed by atoms with Crippen LogP contribution in [0.1, 0.15) is 16.8 Å². The second kappa shape index (κ2) is 6.02. The maximum atomic E-state index is 6.27. The first-order chi connectivity index (χ1) is 10.6. The molecule has 0 aliphatic carbocycles. The molecule has 0 aliphatic rings. The van der Waals surface area contributed by atoms with Gasteiger partial charge in [-0.05, 0) is 53.6 Å². The van der Waals surface area contributed by atoms with Crippen LogP contribution in [-0.4, -0.2) is 25.2 Å². The van der Waals surface area contributed by atoms with Gasteiger partial charge in [-0.15, -0.1) is 5.10 Å². The number of benzene rings is 1. The third kappa shape index (κ3) is 2.69. The van der Waals surface area contributed by atoms with Crippen molar-refractivity contribution in [2.24, 2.45) is 0 Å². The largest absolute Gasteiger partial charge is 0.261 e. The van der Waals surface area contributed by atoms with Crippen LogP contribution >= 0.6 is 23.2 Å². The Kier molecular flexibility index (Phi) is 4.09. The summed E-state index contributed by atoms with van der Waals surface area (Å²) in [6.45, 7) is 4.54. The average Bonchev–Trinajstić information content (AvgIpc) is 2.94. The van der Waals surface area contributed by atoms with Crippen LogP contribution in [0.15, 0.2) is 30.5 Å². The highest BCUT2D eigenvalue weighted by Crippen LogP contribution is 2.32. The summed E-state index contributed by atoms with van der Waals surface area (Å²) in [5.41, 5.74) is 3.90. The van der Waals surface area contributed by atoms with Crippen LogP contribution in [0.2, 0.25) is 10.0 Å². The Morgan fingerprint density at radius 2 is 1.95 bits per heavy atom. The van der Waals surface area contributed by atoms with E-state index in [0.29, 0.717) is 28.0 Å². The minimum Gasteiger partial charge on any atom is -0.261 e. The molecule has 7 heteroatoms. The Morgan fingerprint density at radius 3 is 2.73 bits per heavy atom. The molecule has 3 aromatic rings. The van der Waals surface area contributed by atoms with Crippen molar-refractivity contribution in [3.05, 3.63) is 57.3 Å². The maximum absolute atomic E-state index is 6.27. The lowest BCUT2D eigenvalue weighted by atomic mass is 10.1. The normalized spacial score (nSPS) is 10.9. The summed E-state index contributed by atoms with van der Waals surface area (Å²) in [4.78, 5) is 4.33. The van der Waals surface area contributed by atoms with Crippen LogP contribution in [0, 0.1) is 13.8 Å². The van der Waals surface area contributed by atoms with Gasteiger partial charge in [0.2, 0.25) is 0 Å². The summed E-state index contributed by atoms with van der Waals surface area (Å²) >= 11 is 12.3. The van der Waals surface area contributed by atoms with Crippen molar-refractivity contribution in [3.63, 3.8) is 0 Å². The quantitative estimate of drug-likeness (QED) is 0.733. The predicted molar refractivity (Wildman–Crippen MR) is 86.1 cm³/mol. The smallest absolute Gasteiger partial charge is 0.183 e. The molecule has 2 heterocycles. The van der Waals surface area contributed by atoms with E-state index in [0.717, 1.165) is 16.8 Å². The molecule has 0 N–H and O–H groups in total. The molecule has 0 bridgehead atoms. The highest BCUT2D eigenvalue weighted by Gasteiger charge is 2.16. The van der Waals surface area contributed by atoms with Gasteiger partial charge in [-0.2, -0.15) is 0 Å². The summed E-state index contributed by atoms with van der Waals surface area (Å²) in [6.07, 6.45) is 1.79. The molecule has 0 atom stereocenters. The first-order valence-corrected chi connectivity index (χ1v) is 7.45. The second-order valence-electron chi connectivity index (χ2n) is 4.95. The lowest BCUT2D eigenvalue weighted by Gasteiger charge is -2.10. The minimum atomic E-state index is 0.444. The fraction of sp³-hybridized carbons (Fsp3) is 0.200. The topological polar surface area (TPSA) is 56.5 Å². The third-order valence-electron chi connectivity index (χ3n) is 3.54. The van der Waals surface area contributed by atoms with Crippen molar-refractivity contribution in [1.82, 2.24) is 25.2 Å². The number of aryl methyl sites for hydroxylation is 2. The van der Waals surface area contributed by atoms with E-state index in [2.05, 4.69) is 20.5 Å². The minimum absolute atomic E-state index is 0.444.